The lowest BCUT2D eigenvalue weighted by Gasteiger charge is -2.24. The van der Waals surface area contributed by atoms with Gasteiger partial charge in [-0.3, -0.25) is 0 Å². The summed E-state index contributed by atoms with van der Waals surface area (Å²) in [5.41, 5.74) is 10.8. The number of thiophene rings is 1. The van der Waals surface area contributed by atoms with Crippen molar-refractivity contribution in [1.82, 2.24) is 5.32 Å². The Morgan fingerprint density at radius 1 is 0.517 bits per heavy atom. The first-order valence-corrected chi connectivity index (χ1v) is 21.3. The average Bonchev–Trinajstić information content (AvgIpc) is 3.87. The summed E-state index contributed by atoms with van der Waals surface area (Å²) >= 11 is 1.82. The fourth-order valence-corrected chi connectivity index (χ4v) is 10.2. The van der Waals surface area contributed by atoms with Gasteiger partial charge in [0.25, 0.3) is 0 Å². The molecule has 2 aromatic heterocycles. The number of nitrogens with zero attached hydrogens (tertiary/aromatic N) is 2. The van der Waals surface area contributed by atoms with E-state index in [-0.39, 0.29) is 0 Å². The van der Waals surface area contributed by atoms with E-state index in [9.17, 15) is 0 Å². The first-order valence-electron chi connectivity index (χ1n) is 20.5. The van der Waals surface area contributed by atoms with Crippen molar-refractivity contribution in [2.24, 2.45) is 9.98 Å². The van der Waals surface area contributed by atoms with Crippen LogP contribution in [-0.4, -0.2) is 11.7 Å². The summed E-state index contributed by atoms with van der Waals surface area (Å²) in [6.07, 6.45) is 0.157. The molecule has 1 atom stereocenters. The minimum absolute atomic E-state index is 0.463. The molecule has 0 saturated carbocycles. The van der Waals surface area contributed by atoms with Crippen LogP contribution in [0, 0.1) is 6.92 Å². The quantitative estimate of drug-likeness (QED) is 0.182. The molecule has 4 nitrogen and oxygen atoms in total. The number of rotatable bonds is 6. The van der Waals surface area contributed by atoms with E-state index in [4.69, 9.17) is 14.4 Å². The van der Waals surface area contributed by atoms with Crippen molar-refractivity contribution in [2.45, 2.75) is 19.5 Å². The number of benzene rings is 9. The van der Waals surface area contributed by atoms with Gasteiger partial charge in [-0.1, -0.05) is 140 Å². The maximum Gasteiger partial charge on any atom is 0.169 e. The van der Waals surface area contributed by atoms with Crippen LogP contribution in [-0.2, 0) is 6.42 Å². The molecule has 5 heteroatoms. The third-order valence-electron chi connectivity index (χ3n) is 12.1. The Bertz CT molecular complexity index is 3580. The monoisotopic (exact) mass is 787 g/mol. The van der Waals surface area contributed by atoms with Crippen molar-refractivity contribution in [2.75, 3.05) is 0 Å². The molecule has 0 saturated heterocycles. The van der Waals surface area contributed by atoms with Crippen molar-refractivity contribution >= 4 is 86.7 Å². The number of hydrogen-bond acceptors (Lipinski definition) is 5. The van der Waals surface area contributed by atoms with Crippen LogP contribution in [0.4, 0.5) is 0 Å². The zero-order chi connectivity index (χ0) is 39.7. The molecule has 0 amide bonds. The number of furan rings is 1. The molecule has 1 aliphatic heterocycles. The van der Waals surface area contributed by atoms with Crippen molar-refractivity contribution in [3.8, 4) is 11.1 Å². The van der Waals surface area contributed by atoms with E-state index in [1.165, 1.54) is 64.0 Å². The van der Waals surface area contributed by atoms with Gasteiger partial charge in [0.1, 0.15) is 22.8 Å². The molecular formula is C55H37N3OS. The molecule has 0 spiro atoms. The Balaban J connectivity index is 1.08. The first-order chi connectivity index (χ1) is 29.6. The van der Waals surface area contributed by atoms with Gasteiger partial charge in [0, 0.05) is 54.1 Å². The smallest absolute Gasteiger partial charge is 0.169 e. The van der Waals surface area contributed by atoms with Crippen molar-refractivity contribution in [1.29, 1.82) is 0 Å². The maximum absolute atomic E-state index is 6.89. The molecule has 0 fully saturated rings. The predicted molar refractivity (Wildman–Crippen MR) is 253 cm³/mol. The maximum atomic E-state index is 6.89. The zero-order valence-corrected chi connectivity index (χ0v) is 33.6. The molecule has 60 heavy (non-hydrogen) atoms. The van der Waals surface area contributed by atoms with E-state index >= 15 is 0 Å². The third-order valence-corrected chi connectivity index (χ3v) is 13.3. The van der Waals surface area contributed by atoms with Gasteiger partial charge in [-0.05, 0) is 98.8 Å². The first kappa shape index (κ1) is 34.7. The summed E-state index contributed by atoms with van der Waals surface area (Å²) in [6, 6.07) is 65.2. The van der Waals surface area contributed by atoms with E-state index in [0.717, 1.165) is 55.9 Å². The minimum Gasteiger partial charge on any atom is -0.456 e. The number of amidine groups is 2. The summed E-state index contributed by atoms with van der Waals surface area (Å²) in [4.78, 5) is 10.8. The standard InChI is InChI=1S/C55H37N3OS/c1-33-27-35-15-5-7-17-37(35)29-45(33)46-30-38-18-8-6-16-36(38)28-40(46)32-48-44(25-24-43-41-19-9-11-21-49(41)59-52(43)48)55-57-53(34-13-3-2-4-14-34)56-54(58-55)39-23-26-51-47(31-39)42-20-10-12-22-50(42)60-51/h2-31,54H,32H2,1H3,(H,56,57,58). The largest absolute Gasteiger partial charge is 0.456 e. The van der Waals surface area contributed by atoms with Gasteiger partial charge in [-0.25, -0.2) is 9.98 Å². The Kier molecular flexibility index (Phi) is 8.03. The summed E-state index contributed by atoms with van der Waals surface area (Å²) in [5, 5.41) is 13.3. The molecule has 11 aromatic rings. The van der Waals surface area contributed by atoms with Crippen LogP contribution in [0.1, 0.15) is 39.5 Å². The Morgan fingerprint density at radius 2 is 1.17 bits per heavy atom. The number of para-hydroxylation sites is 1. The Labute approximate surface area is 350 Å². The van der Waals surface area contributed by atoms with Crippen molar-refractivity contribution < 1.29 is 4.42 Å². The number of hydrogen-bond donors (Lipinski definition) is 1. The summed E-state index contributed by atoms with van der Waals surface area (Å²) in [5.74, 6) is 1.56. The molecule has 1 unspecified atom stereocenters. The molecule has 9 aromatic carbocycles. The lowest BCUT2D eigenvalue weighted by atomic mass is 9.87. The molecular weight excluding hydrogens is 751 g/mol. The van der Waals surface area contributed by atoms with E-state index in [1.54, 1.807) is 0 Å². The molecule has 1 N–H and O–H groups in total. The van der Waals surface area contributed by atoms with Crippen molar-refractivity contribution in [3.63, 3.8) is 0 Å². The van der Waals surface area contributed by atoms with Gasteiger partial charge in [0.15, 0.2) is 6.17 Å². The van der Waals surface area contributed by atoms with E-state index in [1.807, 2.05) is 23.5 Å². The summed E-state index contributed by atoms with van der Waals surface area (Å²) in [6.45, 7) is 2.23. The predicted octanol–water partition coefficient (Wildman–Crippen LogP) is 14.3. The van der Waals surface area contributed by atoms with Gasteiger partial charge in [-0.2, -0.15) is 0 Å². The number of aliphatic imine (C=N–C) groups is 2. The zero-order valence-electron chi connectivity index (χ0n) is 32.8. The SMILES string of the molecule is Cc1cc2ccccc2cc1-c1cc2ccccc2cc1Cc1c(C2=NC(c3ccc4sc5ccccc5c4c3)N=C(c3ccccc3)N2)ccc2c1oc1ccccc12. The van der Waals surface area contributed by atoms with Crippen LogP contribution >= 0.6 is 11.3 Å². The highest BCUT2D eigenvalue weighted by molar-refractivity contribution is 7.25. The van der Waals surface area contributed by atoms with Gasteiger partial charge in [0.2, 0.25) is 0 Å². The van der Waals surface area contributed by atoms with Gasteiger partial charge in [-0.15, -0.1) is 11.3 Å². The number of aryl methyl sites for hydroxylation is 1. The van der Waals surface area contributed by atoms with E-state index in [0.29, 0.717) is 6.42 Å². The minimum atomic E-state index is -0.463. The van der Waals surface area contributed by atoms with Gasteiger partial charge in [0.05, 0.1) is 0 Å². The van der Waals surface area contributed by atoms with Crippen LogP contribution in [0.25, 0.3) is 74.8 Å². The Hall–Kier alpha value is -7.34. The topological polar surface area (TPSA) is 49.9 Å². The molecule has 3 heterocycles. The fourth-order valence-electron chi connectivity index (χ4n) is 9.14. The lowest BCUT2D eigenvalue weighted by Crippen LogP contribution is -2.36. The normalized spacial score (nSPS) is 14.3. The summed E-state index contributed by atoms with van der Waals surface area (Å²) < 4.78 is 9.43. The number of fused-ring (bicyclic) bond motifs is 8. The van der Waals surface area contributed by atoms with E-state index < -0.39 is 6.17 Å². The van der Waals surface area contributed by atoms with Crippen LogP contribution in [0.3, 0.4) is 0 Å². The highest BCUT2D eigenvalue weighted by Gasteiger charge is 2.26. The second-order valence-electron chi connectivity index (χ2n) is 15.8. The molecule has 0 radical (unpaired) electrons. The van der Waals surface area contributed by atoms with Gasteiger partial charge < -0.3 is 9.73 Å². The second-order valence-corrected chi connectivity index (χ2v) is 16.9. The van der Waals surface area contributed by atoms with Crippen molar-refractivity contribution in [3.05, 3.63) is 215 Å². The molecule has 1 aliphatic rings. The molecule has 0 bridgehead atoms. The highest BCUT2D eigenvalue weighted by Crippen LogP contribution is 2.40. The van der Waals surface area contributed by atoms with Crippen LogP contribution in [0.2, 0.25) is 0 Å². The Morgan fingerprint density at radius 3 is 1.98 bits per heavy atom. The average molecular weight is 788 g/mol. The van der Waals surface area contributed by atoms with E-state index in [2.05, 4.69) is 182 Å². The second kappa shape index (κ2) is 13.9. The number of nitrogens with one attached hydrogen (secondary N) is 1. The molecule has 12 rings (SSSR count). The lowest BCUT2D eigenvalue weighted by molar-refractivity contribution is 0.663. The van der Waals surface area contributed by atoms with Crippen LogP contribution in [0.5, 0.6) is 0 Å². The van der Waals surface area contributed by atoms with Gasteiger partial charge >= 0.3 is 0 Å². The fraction of sp³-hybridized carbons (Fsp3) is 0.0545. The molecule has 284 valence electrons. The highest BCUT2D eigenvalue weighted by atomic mass is 32.1. The van der Waals surface area contributed by atoms with Crippen LogP contribution in [0.15, 0.2) is 196 Å². The molecule has 0 aliphatic carbocycles. The summed E-state index contributed by atoms with van der Waals surface area (Å²) in [7, 11) is 0. The van der Waals surface area contributed by atoms with Crippen LogP contribution < -0.4 is 5.32 Å². The third kappa shape index (κ3) is 5.81.